The van der Waals surface area contributed by atoms with Crippen LogP contribution >= 0.6 is 0 Å². The standard InChI is InChI=1S/C14H14N2O3/c1-18-14(17)6-11-2-4-13(5-3-11)19-9-12-7-15-10-16-8-12/h2-5,7-8,10H,6,9H2,1H3. The smallest absolute Gasteiger partial charge is 0.309 e. The number of nitrogens with zero attached hydrogens (tertiary/aromatic N) is 2. The van der Waals surface area contributed by atoms with Crippen molar-refractivity contribution in [2.45, 2.75) is 13.0 Å². The molecule has 2 aromatic rings. The third kappa shape index (κ3) is 4.06. The van der Waals surface area contributed by atoms with Gasteiger partial charge < -0.3 is 9.47 Å². The predicted molar refractivity (Wildman–Crippen MR) is 68.5 cm³/mol. The summed E-state index contributed by atoms with van der Waals surface area (Å²) in [4.78, 5) is 18.9. The van der Waals surface area contributed by atoms with Gasteiger partial charge in [0.15, 0.2) is 0 Å². The average Bonchev–Trinajstić information content (AvgIpc) is 2.47. The number of carbonyl (C=O) groups excluding carboxylic acids is 1. The van der Waals surface area contributed by atoms with Gasteiger partial charge in [0.05, 0.1) is 13.5 Å². The zero-order chi connectivity index (χ0) is 13.5. The van der Waals surface area contributed by atoms with Gasteiger partial charge in [-0.2, -0.15) is 0 Å². The molecule has 0 aliphatic heterocycles. The van der Waals surface area contributed by atoms with Crippen LogP contribution < -0.4 is 4.74 Å². The first-order valence-corrected chi connectivity index (χ1v) is 5.80. The number of ether oxygens (including phenoxy) is 2. The third-order valence-corrected chi connectivity index (χ3v) is 2.52. The number of benzene rings is 1. The van der Waals surface area contributed by atoms with Gasteiger partial charge in [-0.15, -0.1) is 0 Å². The molecular weight excluding hydrogens is 244 g/mol. The molecule has 0 aliphatic rings. The molecule has 1 aromatic heterocycles. The number of rotatable bonds is 5. The summed E-state index contributed by atoms with van der Waals surface area (Å²) in [5.41, 5.74) is 1.79. The van der Waals surface area contributed by atoms with E-state index in [1.54, 1.807) is 12.4 Å². The van der Waals surface area contributed by atoms with E-state index in [0.29, 0.717) is 6.61 Å². The van der Waals surface area contributed by atoms with Crippen LogP contribution in [0.5, 0.6) is 5.75 Å². The Morgan fingerprint density at radius 2 is 1.79 bits per heavy atom. The molecule has 0 fully saturated rings. The zero-order valence-electron chi connectivity index (χ0n) is 10.6. The molecule has 98 valence electrons. The minimum absolute atomic E-state index is 0.255. The molecule has 1 aromatic carbocycles. The molecule has 0 atom stereocenters. The van der Waals surface area contributed by atoms with E-state index < -0.39 is 0 Å². The van der Waals surface area contributed by atoms with Crippen molar-refractivity contribution in [2.24, 2.45) is 0 Å². The van der Waals surface area contributed by atoms with E-state index in [4.69, 9.17) is 4.74 Å². The average molecular weight is 258 g/mol. The second-order valence-corrected chi connectivity index (χ2v) is 3.93. The molecule has 0 aliphatic carbocycles. The maximum Gasteiger partial charge on any atom is 0.309 e. The first-order chi connectivity index (χ1) is 9.28. The van der Waals surface area contributed by atoms with Gasteiger partial charge in [0.25, 0.3) is 0 Å². The summed E-state index contributed by atoms with van der Waals surface area (Å²) in [7, 11) is 1.38. The van der Waals surface area contributed by atoms with E-state index in [2.05, 4.69) is 14.7 Å². The van der Waals surface area contributed by atoms with Crippen molar-refractivity contribution in [3.8, 4) is 5.75 Å². The molecule has 2 rings (SSSR count). The van der Waals surface area contributed by atoms with Crippen LogP contribution in [0.15, 0.2) is 43.0 Å². The molecule has 0 unspecified atom stereocenters. The van der Waals surface area contributed by atoms with Crippen LogP contribution in [-0.4, -0.2) is 23.0 Å². The largest absolute Gasteiger partial charge is 0.489 e. The third-order valence-electron chi connectivity index (χ3n) is 2.52. The van der Waals surface area contributed by atoms with Crippen molar-refractivity contribution in [3.63, 3.8) is 0 Å². The van der Waals surface area contributed by atoms with Crippen LogP contribution in [0.3, 0.4) is 0 Å². The van der Waals surface area contributed by atoms with E-state index in [9.17, 15) is 4.79 Å². The van der Waals surface area contributed by atoms with Crippen LogP contribution in [0.4, 0.5) is 0 Å². The van der Waals surface area contributed by atoms with Crippen LogP contribution in [0.2, 0.25) is 0 Å². The highest BCUT2D eigenvalue weighted by Gasteiger charge is 2.03. The molecule has 0 saturated heterocycles. The molecule has 0 saturated carbocycles. The monoisotopic (exact) mass is 258 g/mol. The number of methoxy groups -OCH3 is 1. The molecule has 5 nitrogen and oxygen atoms in total. The number of hydrogen-bond donors (Lipinski definition) is 0. The van der Waals surface area contributed by atoms with Crippen molar-refractivity contribution in [1.82, 2.24) is 9.97 Å². The quantitative estimate of drug-likeness (QED) is 0.765. The Balaban J connectivity index is 1.90. The Morgan fingerprint density at radius 3 is 2.42 bits per heavy atom. The van der Waals surface area contributed by atoms with E-state index in [1.165, 1.54) is 13.4 Å². The first kappa shape index (κ1) is 13.0. The normalized spacial score (nSPS) is 9.95. The van der Waals surface area contributed by atoms with Crippen LogP contribution in [0, 0.1) is 0 Å². The molecule has 0 N–H and O–H groups in total. The topological polar surface area (TPSA) is 61.3 Å². The lowest BCUT2D eigenvalue weighted by atomic mass is 10.1. The highest BCUT2D eigenvalue weighted by Crippen LogP contribution is 2.14. The van der Waals surface area contributed by atoms with E-state index in [0.717, 1.165) is 16.9 Å². The Morgan fingerprint density at radius 1 is 1.11 bits per heavy atom. The summed E-state index contributed by atoms with van der Waals surface area (Å²) < 4.78 is 10.2. The minimum atomic E-state index is -0.255. The lowest BCUT2D eigenvalue weighted by molar-refractivity contribution is -0.139. The predicted octanol–water partition coefficient (Wildman–Crippen LogP) is 1.77. The van der Waals surface area contributed by atoms with Crippen LogP contribution in [0.1, 0.15) is 11.1 Å². The minimum Gasteiger partial charge on any atom is -0.489 e. The number of hydrogen-bond acceptors (Lipinski definition) is 5. The fourth-order valence-electron chi connectivity index (χ4n) is 1.51. The summed E-state index contributed by atoms with van der Waals surface area (Å²) in [5.74, 6) is 0.479. The number of aromatic nitrogens is 2. The molecule has 0 amide bonds. The van der Waals surface area contributed by atoms with Crippen molar-refractivity contribution < 1.29 is 14.3 Å². The van der Waals surface area contributed by atoms with E-state index in [1.807, 2.05) is 24.3 Å². The Kier molecular flexibility index (Phi) is 4.44. The van der Waals surface area contributed by atoms with Gasteiger partial charge in [-0.1, -0.05) is 12.1 Å². The van der Waals surface area contributed by atoms with Gasteiger partial charge in [-0.25, -0.2) is 9.97 Å². The summed E-state index contributed by atoms with van der Waals surface area (Å²) in [6.07, 6.45) is 5.16. The van der Waals surface area contributed by atoms with Gasteiger partial charge in [0.1, 0.15) is 18.7 Å². The molecule has 19 heavy (non-hydrogen) atoms. The maximum absolute atomic E-state index is 11.1. The number of carbonyl (C=O) groups is 1. The first-order valence-electron chi connectivity index (χ1n) is 5.80. The molecule has 0 radical (unpaired) electrons. The highest BCUT2D eigenvalue weighted by atomic mass is 16.5. The second-order valence-electron chi connectivity index (χ2n) is 3.93. The summed E-state index contributed by atoms with van der Waals surface area (Å²) >= 11 is 0. The summed E-state index contributed by atoms with van der Waals surface area (Å²) in [6, 6.07) is 7.33. The van der Waals surface area contributed by atoms with Gasteiger partial charge in [0.2, 0.25) is 0 Å². The maximum atomic E-state index is 11.1. The second kappa shape index (κ2) is 6.49. The molecule has 0 bridgehead atoms. The van der Waals surface area contributed by atoms with Crippen molar-refractivity contribution >= 4 is 5.97 Å². The highest BCUT2D eigenvalue weighted by molar-refractivity contribution is 5.72. The van der Waals surface area contributed by atoms with E-state index in [-0.39, 0.29) is 12.4 Å². The Labute approximate surface area is 111 Å². The van der Waals surface area contributed by atoms with Gasteiger partial charge in [-0.3, -0.25) is 4.79 Å². The molecule has 5 heteroatoms. The van der Waals surface area contributed by atoms with Gasteiger partial charge in [0, 0.05) is 18.0 Å². The molecule has 1 heterocycles. The summed E-state index contributed by atoms with van der Waals surface area (Å²) in [5, 5.41) is 0. The zero-order valence-corrected chi connectivity index (χ0v) is 10.6. The van der Waals surface area contributed by atoms with Crippen molar-refractivity contribution in [2.75, 3.05) is 7.11 Å². The van der Waals surface area contributed by atoms with Crippen molar-refractivity contribution in [3.05, 3.63) is 54.1 Å². The van der Waals surface area contributed by atoms with Gasteiger partial charge in [-0.05, 0) is 17.7 Å². The molecule has 0 spiro atoms. The summed E-state index contributed by atoms with van der Waals surface area (Å²) in [6.45, 7) is 0.414. The van der Waals surface area contributed by atoms with Crippen LogP contribution in [-0.2, 0) is 22.6 Å². The lowest BCUT2D eigenvalue weighted by Crippen LogP contribution is -2.04. The Hall–Kier alpha value is -2.43. The lowest BCUT2D eigenvalue weighted by Gasteiger charge is -2.06. The van der Waals surface area contributed by atoms with Crippen LogP contribution in [0.25, 0.3) is 0 Å². The van der Waals surface area contributed by atoms with Crippen molar-refractivity contribution in [1.29, 1.82) is 0 Å². The fourth-order valence-corrected chi connectivity index (χ4v) is 1.51. The Bertz CT molecular complexity index is 526. The van der Waals surface area contributed by atoms with E-state index >= 15 is 0 Å². The molecular formula is C14H14N2O3. The fraction of sp³-hybridized carbons (Fsp3) is 0.214. The SMILES string of the molecule is COC(=O)Cc1ccc(OCc2cncnc2)cc1. The number of esters is 1. The van der Waals surface area contributed by atoms with Gasteiger partial charge >= 0.3 is 5.97 Å².